The highest BCUT2D eigenvalue weighted by Gasteiger charge is 2.43. The van der Waals surface area contributed by atoms with E-state index in [1.165, 1.54) is 11.1 Å². The molecule has 0 radical (unpaired) electrons. The summed E-state index contributed by atoms with van der Waals surface area (Å²) in [4.78, 5) is 59.3. The Morgan fingerprint density at radius 3 is 2.33 bits per heavy atom. The number of likely N-dealkylation sites (tertiary alicyclic amines) is 1. The van der Waals surface area contributed by atoms with Crippen LogP contribution in [0, 0.1) is 33.1 Å². The number of aliphatic hydroxyl groups excluding tert-OH is 1. The third-order valence-electron chi connectivity index (χ3n) is 13.8. The van der Waals surface area contributed by atoms with Gasteiger partial charge in [0.15, 0.2) is 12.4 Å². The van der Waals surface area contributed by atoms with E-state index < -0.39 is 35.6 Å². The molecule has 6 aromatic rings. The van der Waals surface area contributed by atoms with Crippen LogP contribution in [0.15, 0.2) is 89.6 Å². The molecule has 1 saturated carbocycles. The van der Waals surface area contributed by atoms with Crippen molar-refractivity contribution in [3.05, 3.63) is 134 Å². The molecule has 3 amide bonds. The number of nitrogens with zero attached hydrogens (tertiary/aromatic N) is 7. The summed E-state index contributed by atoms with van der Waals surface area (Å²) in [6.45, 7) is 19.8. The molecule has 16 nitrogen and oxygen atoms in total. The Balaban J connectivity index is 0.750. The Bertz CT molecular complexity index is 3050. The van der Waals surface area contributed by atoms with Gasteiger partial charge < -0.3 is 35.4 Å². The summed E-state index contributed by atoms with van der Waals surface area (Å²) in [6, 6.07) is 17.0. The molecule has 1 aliphatic carbocycles. The molecule has 9 rings (SSSR count). The smallest absolute Gasteiger partial charge is 0.258 e. The minimum atomic E-state index is -0.915. The summed E-state index contributed by atoms with van der Waals surface area (Å²) in [6.07, 6.45) is 2.17. The van der Waals surface area contributed by atoms with Crippen LogP contribution in [0.5, 0.6) is 11.6 Å². The monoisotopic (exact) mass is 1040 g/mol. The molecule has 19 heteroatoms. The molecule has 4 N–H and O–H groups in total. The van der Waals surface area contributed by atoms with E-state index in [0.717, 1.165) is 54.9 Å². The van der Waals surface area contributed by atoms with Crippen molar-refractivity contribution >= 4 is 57.7 Å². The standard InChI is InChI=1S/C54H61ClN10O6S2/c1-28-32(5)73-53-47(28)48(35-14-16-37(55)17-15-35)60-42(51-63-62-33(6)65(51)53)23-44(67)59-38-20-41(21-38)71-46-19-18-40(24-56-46)70-26-45(68)61-50(54(7,8)9)52(69)64-25-39(66)22-43(64)30(3)58-29(2)34-10-12-36(13-11-34)49-31(4)57-27-72-49/h10-19,24,27,29,38-39,41-43,50,58,66H,3,20-23,25-26H2,1-2,4-9H3,(H,59,67)(H,61,68)/t29-,38?,39+,41?,42-,43-,50+/m0/s1. The van der Waals surface area contributed by atoms with E-state index in [9.17, 15) is 19.5 Å². The molecule has 2 aliphatic heterocycles. The number of carbonyl (C=O) groups excluding carboxylic acids is 3. The number of aromatic nitrogens is 5. The van der Waals surface area contributed by atoms with E-state index in [1.54, 1.807) is 39.7 Å². The highest BCUT2D eigenvalue weighted by molar-refractivity contribution is 7.15. The lowest BCUT2D eigenvalue weighted by Crippen LogP contribution is -2.57. The molecule has 1 saturated heterocycles. The van der Waals surface area contributed by atoms with Crippen LogP contribution in [-0.4, -0.2) is 102 Å². The number of β-amino-alcohol motifs (C(OH)–C–C–N with tert-alkyl or cyclic N) is 1. The van der Waals surface area contributed by atoms with Crippen LogP contribution in [0.3, 0.4) is 0 Å². The molecule has 0 unspecified atom stereocenters. The maximum absolute atomic E-state index is 14.3. The number of thiophene rings is 1. The van der Waals surface area contributed by atoms with Crippen molar-refractivity contribution in [2.75, 3.05) is 13.2 Å². The average molecular weight is 1050 g/mol. The lowest BCUT2D eigenvalue weighted by molar-refractivity contribution is -0.140. The zero-order valence-corrected chi connectivity index (χ0v) is 44.6. The fourth-order valence-corrected chi connectivity index (χ4v) is 11.7. The van der Waals surface area contributed by atoms with Crippen LogP contribution in [0.2, 0.25) is 5.02 Å². The van der Waals surface area contributed by atoms with Gasteiger partial charge in [0.1, 0.15) is 34.8 Å². The molecule has 0 spiro atoms. The fourth-order valence-electron chi connectivity index (χ4n) is 9.58. The second-order valence-electron chi connectivity index (χ2n) is 20.2. The van der Waals surface area contributed by atoms with Gasteiger partial charge in [0.05, 0.1) is 46.6 Å². The first-order chi connectivity index (χ1) is 34.8. The Kier molecular flexibility index (Phi) is 14.9. The number of rotatable bonds is 16. The number of aliphatic hydroxyl groups is 1. The number of hydrogen-bond donors (Lipinski definition) is 4. The van der Waals surface area contributed by atoms with Gasteiger partial charge >= 0.3 is 0 Å². The number of aliphatic imine (C=N–C) groups is 1. The van der Waals surface area contributed by atoms with Crippen molar-refractivity contribution in [3.8, 4) is 27.1 Å². The SMILES string of the molecule is C=C(N[C@@H](C)c1ccc(-c2scnc2C)cc1)[C@@H]1C[C@@H](O)CN1C(=O)[C@@H](NC(=O)COc1ccc(OC2CC(NC(=O)C[C@@H]3N=C(c4ccc(Cl)cc4)c4c(sc(C)c4C)-n4c(C)nnc43)C2)nc1)C(C)(C)C. The maximum Gasteiger partial charge on any atom is 0.258 e. The molecule has 0 bridgehead atoms. The quantitative estimate of drug-likeness (QED) is 0.0726. The van der Waals surface area contributed by atoms with E-state index >= 15 is 0 Å². The number of aryl methyl sites for hydroxylation is 3. The molecule has 2 fully saturated rings. The zero-order valence-electron chi connectivity index (χ0n) is 42.2. The first-order valence-electron chi connectivity index (χ1n) is 24.5. The molecular formula is C54H61ClN10O6S2. The number of thiazole rings is 1. The summed E-state index contributed by atoms with van der Waals surface area (Å²) in [5.74, 6) is 1.12. The van der Waals surface area contributed by atoms with Gasteiger partial charge in [-0.05, 0) is 74.9 Å². The number of amides is 3. The number of benzene rings is 2. The minimum absolute atomic E-state index is 0.0843. The second-order valence-corrected chi connectivity index (χ2v) is 22.7. The number of ether oxygens (including phenoxy) is 2. The first-order valence-corrected chi connectivity index (χ1v) is 26.5. The van der Waals surface area contributed by atoms with Crippen LogP contribution >= 0.6 is 34.3 Å². The summed E-state index contributed by atoms with van der Waals surface area (Å²) < 4.78 is 14.0. The van der Waals surface area contributed by atoms with Crippen LogP contribution in [0.4, 0.5) is 0 Å². The molecule has 5 atom stereocenters. The van der Waals surface area contributed by atoms with E-state index in [0.29, 0.717) is 47.4 Å². The topological polar surface area (TPSA) is 198 Å². The normalized spacial score (nSPS) is 20.1. The predicted molar refractivity (Wildman–Crippen MR) is 284 cm³/mol. The van der Waals surface area contributed by atoms with Crippen molar-refractivity contribution in [1.29, 1.82) is 0 Å². The summed E-state index contributed by atoms with van der Waals surface area (Å²) >= 11 is 9.54. The molecule has 73 heavy (non-hydrogen) atoms. The van der Waals surface area contributed by atoms with E-state index in [4.69, 9.17) is 26.1 Å². The number of nitrogens with one attached hydrogen (secondary N) is 3. The van der Waals surface area contributed by atoms with Crippen molar-refractivity contribution < 1.29 is 29.0 Å². The summed E-state index contributed by atoms with van der Waals surface area (Å²) in [7, 11) is 0. The van der Waals surface area contributed by atoms with Gasteiger partial charge in [0.25, 0.3) is 5.91 Å². The van der Waals surface area contributed by atoms with E-state index in [1.807, 2.05) is 75.9 Å². The molecule has 3 aliphatic rings. The predicted octanol–water partition coefficient (Wildman–Crippen LogP) is 8.48. The lowest BCUT2D eigenvalue weighted by Gasteiger charge is -2.36. The van der Waals surface area contributed by atoms with Gasteiger partial charge in [0, 0.05) is 70.7 Å². The van der Waals surface area contributed by atoms with Gasteiger partial charge in [-0.15, -0.1) is 32.9 Å². The third kappa shape index (κ3) is 11.2. The number of pyridine rings is 1. The highest BCUT2D eigenvalue weighted by atomic mass is 35.5. The van der Waals surface area contributed by atoms with Crippen molar-refractivity contribution in [1.82, 2.24) is 45.6 Å². The number of hydrogen-bond acceptors (Lipinski definition) is 14. The number of carbonyl (C=O) groups is 3. The average Bonchev–Trinajstić information content (AvgIpc) is 4.11. The lowest BCUT2D eigenvalue weighted by atomic mass is 9.85. The van der Waals surface area contributed by atoms with Gasteiger partial charge in [-0.25, -0.2) is 9.97 Å². The molecule has 382 valence electrons. The summed E-state index contributed by atoms with van der Waals surface area (Å²) in [5, 5.41) is 30.9. The molecule has 6 heterocycles. The minimum Gasteiger partial charge on any atom is -0.482 e. The largest absolute Gasteiger partial charge is 0.482 e. The Labute approximate surface area is 438 Å². The third-order valence-corrected chi connectivity index (χ3v) is 16.2. The highest BCUT2D eigenvalue weighted by Crippen LogP contribution is 2.40. The maximum atomic E-state index is 14.3. The number of halogens is 1. The number of fused-ring (bicyclic) bond motifs is 3. The van der Waals surface area contributed by atoms with Crippen molar-refractivity contribution in [2.45, 2.75) is 123 Å². The van der Waals surface area contributed by atoms with E-state index in [2.05, 4.69) is 80.8 Å². The first kappa shape index (κ1) is 51.4. The van der Waals surface area contributed by atoms with E-state index in [-0.39, 0.29) is 49.6 Å². The Hall–Kier alpha value is -6.47. The van der Waals surface area contributed by atoms with Gasteiger partial charge in [-0.2, -0.15) is 0 Å². The molecule has 2 aromatic carbocycles. The fraction of sp³-hybridized carbons (Fsp3) is 0.407. The van der Waals surface area contributed by atoms with Crippen molar-refractivity contribution in [2.24, 2.45) is 10.4 Å². The van der Waals surface area contributed by atoms with Gasteiger partial charge in [-0.3, -0.25) is 23.9 Å². The zero-order chi connectivity index (χ0) is 51.9. The Morgan fingerprint density at radius 2 is 1.66 bits per heavy atom. The second kappa shape index (κ2) is 21.2. The van der Waals surface area contributed by atoms with Crippen LogP contribution in [-0.2, 0) is 14.4 Å². The van der Waals surface area contributed by atoms with Gasteiger partial charge in [-0.1, -0.05) is 75.3 Å². The Morgan fingerprint density at radius 1 is 0.932 bits per heavy atom. The van der Waals surface area contributed by atoms with Crippen LogP contribution in [0.25, 0.3) is 15.4 Å². The molecule has 4 aromatic heterocycles. The van der Waals surface area contributed by atoms with Crippen LogP contribution < -0.4 is 25.4 Å². The van der Waals surface area contributed by atoms with Crippen molar-refractivity contribution in [3.63, 3.8) is 0 Å². The van der Waals surface area contributed by atoms with Gasteiger partial charge in [0.2, 0.25) is 17.7 Å². The van der Waals surface area contributed by atoms with Crippen LogP contribution in [0.1, 0.15) is 110 Å². The summed E-state index contributed by atoms with van der Waals surface area (Å²) in [5.41, 5.74) is 8.74. The molecular weight excluding hydrogens is 984 g/mol.